The zero-order valence-electron chi connectivity index (χ0n) is 13.3. The fraction of sp³-hybridized carbons (Fsp3) is 0.312. The summed E-state index contributed by atoms with van der Waals surface area (Å²) in [5.41, 5.74) is 4.95. The van der Waals surface area contributed by atoms with Crippen LogP contribution in [0.5, 0.6) is 0 Å². The van der Waals surface area contributed by atoms with Crippen LogP contribution in [0.4, 0.5) is 0 Å². The van der Waals surface area contributed by atoms with Crippen LogP contribution in [0.3, 0.4) is 0 Å². The SMILES string of the molecule is Cc1cc2sc(=NC(=O)c3c(C)cnn3C)n(C)c2cc1C. The zero-order valence-corrected chi connectivity index (χ0v) is 14.2. The van der Waals surface area contributed by atoms with Crippen molar-refractivity contribution in [1.29, 1.82) is 0 Å². The molecule has 0 aliphatic carbocycles. The van der Waals surface area contributed by atoms with E-state index in [4.69, 9.17) is 0 Å². The highest BCUT2D eigenvalue weighted by molar-refractivity contribution is 7.16. The van der Waals surface area contributed by atoms with Gasteiger partial charge in [-0.2, -0.15) is 10.1 Å². The summed E-state index contributed by atoms with van der Waals surface area (Å²) >= 11 is 1.53. The van der Waals surface area contributed by atoms with Crippen molar-refractivity contribution in [3.8, 4) is 0 Å². The van der Waals surface area contributed by atoms with E-state index >= 15 is 0 Å². The first-order valence-corrected chi connectivity index (χ1v) is 7.84. The highest BCUT2D eigenvalue weighted by atomic mass is 32.1. The third-order valence-corrected chi connectivity index (χ3v) is 5.04. The van der Waals surface area contributed by atoms with Crippen molar-refractivity contribution in [3.05, 3.63) is 45.5 Å². The second kappa shape index (κ2) is 5.21. The predicted octanol–water partition coefficient (Wildman–Crippen LogP) is 2.64. The van der Waals surface area contributed by atoms with Gasteiger partial charge in [0, 0.05) is 19.7 Å². The number of hydrogen-bond acceptors (Lipinski definition) is 3. The molecule has 0 spiro atoms. The van der Waals surface area contributed by atoms with Gasteiger partial charge in [0.2, 0.25) is 0 Å². The summed E-state index contributed by atoms with van der Waals surface area (Å²) in [6.45, 7) is 6.05. The lowest BCUT2D eigenvalue weighted by atomic mass is 10.1. The van der Waals surface area contributed by atoms with E-state index in [0.29, 0.717) is 10.5 Å². The summed E-state index contributed by atoms with van der Waals surface area (Å²) in [5, 5.41) is 4.10. The Bertz CT molecular complexity index is 939. The van der Waals surface area contributed by atoms with E-state index < -0.39 is 0 Å². The smallest absolute Gasteiger partial charge is 0.298 e. The van der Waals surface area contributed by atoms with Crippen molar-refractivity contribution >= 4 is 27.5 Å². The number of carbonyl (C=O) groups is 1. The summed E-state index contributed by atoms with van der Waals surface area (Å²) in [7, 11) is 3.70. The van der Waals surface area contributed by atoms with E-state index in [0.717, 1.165) is 15.8 Å². The quantitative estimate of drug-likeness (QED) is 0.693. The molecule has 1 aromatic carbocycles. The van der Waals surface area contributed by atoms with Crippen molar-refractivity contribution in [2.75, 3.05) is 0 Å². The number of carbonyl (C=O) groups excluding carboxylic acids is 1. The van der Waals surface area contributed by atoms with Gasteiger partial charge in [-0.05, 0) is 44.0 Å². The third-order valence-electron chi connectivity index (χ3n) is 3.95. The molecule has 0 atom stereocenters. The first kappa shape index (κ1) is 14.7. The van der Waals surface area contributed by atoms with Gasteiger partial charge in [-0.25, -0.2) is 0 Å². The molecule has 2 heterocycles. The summed E-state index contributed by atoms with van der Waals surface area (Å²) in [4.78, 5) is 17.4. The number of thiazole rings is 1. The average molecular weight is 314 g/mol. The molecule has 0 aliphatic heterocycles. The number of amides is 1. The van der Waals surface area contributed by atoms with Gasteiger partial charge in [0.05, 0.1) is 16.4 Å². The lowest BCUT2D eigenvalue weighted by molar-refractivity contribution is 0.0988. The van der Waals surface area contributed by atoms with Gasteiger partial charge in [0.1, 0.15) is 5.69 Å². The van der Waals surface area contributed by atoms with Crippen LogP contribution in [0.2, 0.25) is 0 Å². The maximum absolute atomic E-state index is 12.4. The minimum atomic E-state index is -0.256. The second-order valence-corrected chi connectivity index (χ2v) is 6.57. The number of aryl methyl sites for hydroxylation is 5. The molecule has 0 bridgehead atoms. The van der Waals surface area contributed by atoms with Crippen LogP contribution in [-0.2, 0) is 14.1 Å². The Balaban J connectivity index is 2.18. The Hall–Kier alpha value is -2.21. The zero-order chi connectivity index (χ0) is 16.0. The molecule has 5 nitrogen and oxygen atoms in total. The second-order valence-electron chi connectivity index (χ2n) is 5.56. The maximum Gasteiger partial charge on any atom is 0.298 e. The molecule has 6 heteroatoms. The van der Waals surface area contributed by atoms with Crippen LogP contribution in [0.25, 0.3) is 10.2 Å². The number of hydrogen-bond donors (Lipinski definition) is 0. The van der Waals surface area contributed by atoms with Crippen molar-refractivity contribution in [2.24, 2.45) is 19.1 Å². The van der Waals surface area contributed by atoms with E-state index in [2.05, 4.69) is 36.1 Å². The van der Waals surface area contributed by atoms with Gasteiger partial charge in [-0.3, -0.25) is 9.48 Å². The van der Waals surface area contributed by atoms with Gasteiger partial charge in [-0.1, -0.05) is 11.3 Å². The number of fused-ring (bicyclic) bond motifs is 1. The fourth-order valence-electron chi connectivity index (χ4n) is 2.48. The molecule has 0 saturated carbocycles. The van der Waals surface area contributed by atoms with Crippen LogP contribution in [-0.4, -0.2) is 20.3 Å². The molecule has 0 unspecified atom stereocenters. The van der Waals surface area contributed by atoms with Crippen molar-refractivity contribution in [2.45, 2.75) is 20.8 Å². The number of rotatable bonds is 1. The van der Waals surface area contributed by atoms with Crippen LogP contribution in [0.1, 0.15) is 27.2 Å². The first-order valence-electron chi connectivity index (χ1n) is 7.03. The molecule has 3 rings (SSSR count). The average Bonchev–Trinajstić information content (AvgIpc) is 2.93. The van der Waals surface area contributed by atoms with E-state index in [1.807, 2.05) is 18.5 Å². The van der Waals surface area contributed by atoms with E-state index in [1.165, 1.54) is 22.5 Å². The summed E-state index contributed by atoms with van der Waals surface area (Å²) in [6, 6.07) is 4.29. The molecule has 0 saturated heterocycles. The molecule has 0 aliphatic rings. The summed E-state index contributed by atoms with van der Waals surface area (Å²) in [5.74, 6) is -0.256. The molecule has 0 radical (unpaired) electrons. The molecule has 2 aromatic heterocycles. The van der Waals surface area contributed by atoms with Crippen LogP contribution >= 0.6 is 11.3 Å². The van der Waals surface area contributed by atoms with E-state index in [-0.39, 0.29) is 5.91 Å². The Morgan fingerprint density at radius 2 is 1.82 bits per heavy atom. The van der Waals surface area contributed by atoms with Crippen LogP contribution < -0.4 is 4.80 Å². The molecule has 114 valence electrons. The maximum atomic E-state index is 12.4. The van der Waals surface area contributed by atoms with Gasteiger partial charge >= 0.3 is 0 Å². The topological polar surface area (TPSA) is 52.2 Å². The minimum Gasteiger partial charge on any atom is -0.319 e. The van der Waals surface area contributed by atoms with Crippen molar-refractivity contribution in [1.82, 2.24) is 14.3 Å². The molecule has 0 fully saturated rings. The van der Waals surface area contributed by atoms with Crippen LogP contribution in [0, 0.1) is 20.8 Å². The molecule has 1 amide bonds. The standard InChI is InChI=1S/C16H18N4OS/c1-9-6-12-13(7-10(9)2)22-16(19(12)4)18-15(21)14-11(3)8-17-20(14)5/h6-8H,1-5H3. The predicted molar refractivity (Wildman–Crippen MR) is 88.1 cm³/mol. The summed E-state index contributed by atoms with van der Waals surface area (Å²) < 4.78 is 4.68. The lowest BCUT2D eigenvalue weighted by Crippen LogP contribution is -2.15. The molecule has 0 N–H and O–H groups in total. The fourth-order valence-corrected chi connectivity index (χ4v) is 3.58. The minimum absolute atomic E-state index is 0.256. The molecule has 3 aromatic rings. The summed E-state index contributed by atoms with van der Waals surface area (Å²) in [6.07, 6.45) is 1.68. The highest BCUT2D eigenvalue weighted by Gasteiger charge is 2.14. The Morgan fingerprint density at radius 1 is 1.14 bits per heavy atom. The molecular formula is C16H18N4OS. The van der Waals surface area contributed by atoms with Gasteiger partial charge in [-0.15, -0.1) is 0 Å². The van der Waals surface area contributed by atoms with Gasteiger partial charge in [0.25, 0.3) is 5.91 Å². The van der Waals surface area contributed by atoms with E-state index in [9.17, 15) is 4.79 Å². The van der Waals surface area contributed by atoms with Crippen molar-refractivity contribution < 1.29 is 4.79 Å². The number of aromatic nitrogens is 3. The normalized spacial score (nSPS) is 12.3. The Morgan fingerprint density at radius 3 is 2.45 bits per heavy atom. The first-order chi connectivity index (χ1) is 10.4. The molecular weight excluding hydrogens is 296 g/mol. The Labute approximate surface area is 132 Å². The monoisotopic (exact) mass is 314 g/mol. The van der Waals surface area contributed by atoms with Crippen LogP contribution in [0.15, 0.2) is 23.3 Å². The number of benzene rings is 1. The van der Waals surface area contributed by atoms with Gasteiger partial charge in [0.15, 0.2) is 4.80 Å². The van der Waals surface area contributed by atoms with E-state index in [1.54, 1.807) is 17.9 Å². The largest absolute Gasteiger partial charge is 0.319 e. The van der Waals surface area contributed by atoms with Gasteiger partial charge < -0.3 is 4.57 Å². The Kier molecular flexibility index (Phi) is 3.48. The highest BCUT2D eigenvalue weighted by Crippen LogP contribution is 2.21. The lowest BCUT2D eigenvalue weighted by Gasteiger charge is -2.01. The third kappa shape index (κ3) is 2.29. The van der Waals surface area contributed by atoms with Crippen molar-refractivity contribution in [3.63, 3.8) is 0 Å². The number of nitrogens with zero attached hydrogens (tertiary/aromatic N) is 4. The molecule has 22 heavy (non-hydrogen) atoms.